The molecule has 5 rings (SSSR count). The van der Waals surface area contributed by atoms with E-state index in [0.717, 1.165) is 22.2 Å². The van der Waals surface area contributed by atoms with Crippen molar-refractivity contribution in [2.45, 2.75) is 13.0 Å². The van der Waals surface area contributed by atoms with Gasteiger partial charge in [0.1, 0.15) is 34.8 Å². The van der Waals surface area contributed by atoms with Crippen LogP contribution < -0.4 is 4.74 Å². The summed E-state index contributed by atoms with van der Waals surface area (Å²) < 4.78 is 11.5. The highest BCUT2D eigenvalue weighted by molar-refractivity contribution is 5.73. The van der Waals surface area contributed by atoms with E-state index in [1.165, 1.54) is 0 Å². The van der Waals surface area contributed by atoms with Crippen molar-refractivity contribution in [3.05, 3.63) is 90.1 Å². The minimum absolute atomic E-state index is 0.0648. The summed E-state index contributed by atoms with van der Waals surface area (Å²) >= 11 is 0. The van der Waals surface area contributed by atoms with E-state index in [1.54, 1.807) is 4.80 Å². The van der Waals surface area contributed by atoms with Crippen LogP contribution in [0.15, 0.2) is 83.4 Å². The molecule has 154 valence electrons. The average Bonchev–Trinajstić information content (AvgIpc) is 3.46. The minimum Gasteiger partial charge on any atom is -0.485 e. The number of benzene rings is 3. The second kappa shape index (κ2) is 8.41. The summed E-state index contributed by atoms with van der Waals surface area (Å²) in [6, 6.07) is 25.1. The number of aliphatic hydroxyl groups is 1. The van der Waals surface area contributed by atoms with Crippen LogP contribution in [0, 0.1) is 0 Å². The Morgan fingerprint density at radius 2 is 1.61 bits per heavy atom. The molecule has 0 atom stereocenters. The second-order valence-electron chi connectivity index (χ2n) is 7.09. The summed E-state index contributed by atoms with van der Waals surface area (Å²) in [5.41, 5.74) is 4.91. The van der Waals surface area contributed by atoms with Gasteiger partial charge in [-0.25, -0.2) is 0 Å². The molecular weight excluding hydrogens is 392 g/mol. The summed E-state index contributed by atoms with van der Waals surface area (Å²) in [6.45, 7) is 0.304. The molecule has 1 N–H and O–H groups in total. The fourth-order valence-corrected chi connectivity index (χ4v) is 3.36. The van der Waals surface area contributed by atoms with Crippen molar-refractivity contribution in [2.24, 2.45) is 0 Å². The Morgan fingerprint density at radius 1 is 0.871 bits per heavy atom. The summed E-state index contributed by atoms with van der Waals surface area (Å²) in [6.07, 6.45) is 0.539. The lowest BCUT2D eigenvalue weighted by Crippen LogP contribution is -2.05. The number of aliphatic hydroxyl groups excluding tert-OH is 1. The quantitative estimate of drug-likeness (QED) is 0.431. The summed E-state index contributed by atoms with van der Waals surface area (Å²) in [7, 11) is 0. The fraction of sp³-hybridized carbons (Fsp3) is 0.125. The van der Waals surface area contributed by atoms with Gasteiger partial charge in [0, 0.05) is 18.2 Å². The topological polar surface area (TPSA) is 86.2 Å². The lowest BCUT2D eigenvalue weighted by atomic mass is 10.1. The Hall–Kier alpha value is -3.97. The Kier molecular flexibility index (Phi) is 5.16. The van der Waals surface area contributed by atoms with Crippen LogP contribution in [0.2, 0.25) is 0 Å². The van der Waals surface area contributed by atoms with Crippen molar-refractivity contribution in [2.75, 3.05) is 6.61 Å². The third-order valence-electron chi connectivity index (χ3n) is 4.92. The maximum Gasteiger partial charge on any atom is 0.167 e. The van der Waals surface area contributed by atoms with E-state index in [9.17, 15) is 5.11 Å². The van der Waals surface area contributed by atoms with Gasteiger partial charge in [-0.05, 0) is 36.2 Å². The Balaban J connectivity index is 1.43. The molecule has 0 unspecified atom stereocenters. The lowest BCUT2D eigenvalue weighted by molar-refractivity contribution is 0.287. The van der Waals surface area contributed by atoms with E-state index >= 15 is 0 Å². The standard InChI is InChI=1S/C24H20N4O3/c29-13-12-17-10-11-23(22(14-17)28-25-20-8-4-5-9-21(20)26-28)30-16-19-15-24(31-27-19)18-6-2-1-3-7-18/h1-11,14-15,29H,12-13,16H2. The first-order valence-corrected chi connectivity index (χ1v) is 10.0. The molecule has 5 aromatic rings. The van der Waals surface area contributed by atoms with Crippen LogP contribution in [0.5, 0.6) is 5.75 Å². The molecule has 7 heteroatoms. The first kappa shape index (κ1) is 19.0. The monoisotopic (exact) mass is 412 g/mol. The van der Waals surface area contributed by atoms with Gasteiger partial charge in [0.25, 0.3) is 0 Å². The first-order valence-electron chi connectivity index (χ1n) is 10.0. The number of nitrogens with zero attached hydrogens (tertiary/aromatic N) is 4. The Bertz CT molecular complexity index is 1280. The maximum absolute atomic E-state index is 9.33. The molecule has 2 heterocycles. The van der Waals surface area contributed by atoms with Gasteiger partial charge < -0.3 is 14.4 Å². The highest BCUT2D eigenvalue weighted by atomic mass is 16.5. The van der Waals surface area contributed by atoms with Gasteiger partial charge in [0.2, 0.25) is 0 Å². The second-order valence-corrected chi connectivity index (χ2v) is 7.09. The molecule has 0 aliphatic rings. The van der Waals surface area contributed by atoms with Crippen molar-refractivity contribution in [3.63, 3.8) is 0 Å². The zero-order valence-electron chi connectivity index (χ0n) is 16.7. The maximum atomic E-state index is 9.33. The van der Waals surface area contributed by atoms with Gasteiger partial charge in [0.05, 0.1) is 0 Å². The number of ether oxygens (including phenoxy) is 1. The van der Waals surface area contributed by atoms with E-state index in [1.807, 2.05) is 78.9 Å². The number of rotatable bonds is 7. The van der Waals surface area contributed by atoms with E-state index in [4.69, 9.17) is 9.26 Å². The van der Waals surface area contributed by atoms with Crippen LogP contribution >= 0.6 is 0 Å². The molecule has 0 aliphatic carbocycles. The van der Waals surface area contributed by atoms with E-state index in [2.05, 4.69) is 15.4 Å². The van der Waals surface area contributed by atoms with Crippen molar-refractivity contribution >= 4 is 11.0 Å². The molecule has 0 amide bonds. The van der Waals surface area contributed by atoms with Gasteiger partial charge in [-0.15, -0.1) is 15.0 Å². The van der Waals surface area contributed by atoms with Crippen molar-refractivity contribution < 1.29 is 14.4 Å². The number of aromatic nitrogens is 4. The van der Waals surface area contributed by atoms with Crippen LogP contribution in [0.1, 0.15) is 11.3 Å². The van der Waals surface area contributed by atoms with Crippen LogP contribution in [-0.2, 0) is 13.0 Å². The predicted molar refractivity (Wildman–Crippen MR) is 116 cm³/mol. The molecular formula is C24H20N4O3. The predicted octanol–water partition coefficient (Wildman–Crippen LogP) is 4.19. The molecule has 0 bridgehead atoms. The molecule has 2 aromatic heterocycles. The molecule has 31 heavy (non-hydrogen) atoms. The van der Waals surface area contributed by atoms with Crippen molar-refractivity contribution in [1.82, 2.24) is 20.2 Å². The zero-order chi connectivity index (χ0) is 21.0. The highest BCUT2D eigenvalue weighted by Crippen LogP contribution is 2.27. The fourth-order valence-electron chi connectivity index (χ4n) is 3.36. The van der Waals surface area contributed by atoms with E-state index < -0.39 is 0 Å². The smallest absolute Gasteiger partial charge is 0.167 e. The molecule has 3 aromatic carbocycles. The highest BCUT2D eigenvalue weighted by Gasteiger charge is 2.13. The van der Waals surface area contributed by atoms with Crippen LogP contribution in [-0.4, -0.2) is 31.9 Å². The molecule has 0 aliphatic heterocycles. The van der Waals surface area contributed by atoms with E-state index in [0.29, 0.717) is 29.3 Å². The molecule has 0 radical (unpaired) electrons. The number of fused-ring (bicyclic) bond motifs is 1. The third-order valence-corrected chi connectivity index (χ3v) is 4.92. The van der Waals surface area contributed by atoms with Crippen LogP contribution in [0.4, 0.5) is 0 Å². The van der Waals surface area contributed by atoms with E-state index in [-0.39, 0.29) is 13.2 Å². The van der Waals surface area contributed by atoms with Crippen molar-refractivity contribution in [1.29, 1.82) is 0 Å². The zero-order valence-corrected chi connectivity index (χ0v) is 16.7. The molecule has 7 nitrogen and oxygen atoms in total. The van der Waals surface area contributed by atoms with Gasteiger partial charge in [-0.2, -0.15) is 0 Å². The lowest BCUT2D eigenvalue weighted by Gasteiger charge is -2.11. The summed E-state index contributed by atoms with van der Waals surface area (Å²) in [5, 5.41) is 22.6. The summed E-state index contributed by atoms with van der Waals surface area (Å²) in [4.78, 5) is 1.57. The molecule has 0 fully saturated rings. The summed E-state index contributed by atoms with van der Waals surface area (Å²) in [5.74, 6) is 1.31. The molecule has 0 saturated heterocycles. The minimum atomic E-state index is 0.0648. The third kappa shape index (κ3) is 4.04. The Labute approximate surface area is 178 Å². The van der Waals surface area contributed by atoms with Crippen LogP contribution in [0.25, 0.3) is 28.0 Å². The van der Waals surface area contributed by atoms with Gasteiger partial charge >= 0.3 is 0 Å². The molecule has 0 spiro atoms. The van der Waals surface area contributed by atoms with Crippen LogP contribution in [0.3, 0.4) is 0 Å². The normalized spacial score (nSPS) is 11.1. The largest absolute Gasteiger partial charge is 0.485 e. The van der Waals surface area contributed by atoms with Gasteiger partial charge in [-0.3, -0.25) is 0 Å². The SMILES string of the molecule is OCCc1ccc(OCc2cc(-c3ccccc3)on2)c(-n2nc3ccccc3n2)c1. The number of hydrogen-bond acceptors (Lipinski definition) is 6. The Morgan fingerprint density at radius 3 is 2.35 bits per heavy atom. The average molecular weight is 412 g/mol. The van der Waals surface area contributed by atoms with Gasteiger partial charge in [-0.1, -0.05) is 53.7 Å². The van der Waals surface area contributed by atoms with Crippen molar-refractivity contribution in [3.8, 4) is 22.8 Å². The number of hydrogen-bond donors (Lipinski definition) is 1. The van der Waals surface area contributed by atoms with Gasteiger partial charge in [0.15, 0.2) is 5.76 Å². The first-order chi connectivity index (χ1) is 15.3. The molecule has 0 saturated carbocycles.